The van der Waals surface area contributed by atoms with E-state index in [1.165, 1.54) is 16.8 Å². The van der Waals surface area contributed by atoms with E-state index in [4.69, 9.17) is 0 Å². The van der Waals surface area contributed by atoms with Gasteiger partial charge in [-0.2, -0.15) is 13.2 Å². The van der Waals surface area contributed by atoms with Gasteiger partial charge in [0.1, 0.15) is 0 Å². The third-order valence-corrected chi connectivity index (χ3v) is 6.50. The standard InChI is InChI=1S/C24H22F3N5O3/c25-24(26,27)16-6-8-17(9-7-16)30-14-12-29(13-15-30)10-3-11-31-21-20(28-32(31)35)22(33)18-4-1-2-5-19(18)23(21)34/h1-2,4-9H,3,10-15H2. The van der Waals surface area contributed by atoms with Crippen molar-refractivity contribution >= 4 is 17.3 Å². The summed E-state index contributed by atoms with van der Waals surface area (Å²) in [5, 5.41) is 16.2. The fourth-order valence-corrected chi connectivity index (χ4v) is 4.64. The molecule has 0 unspecified atom stereocenters. The Labute approximate surface area is 198 Å². The molecular weight excluding hydrogens is 463 g/mol. The summed E-state index contributed by atoms with van der Waals surface area (Å²) in [6.45, 7) is 3.64. The van der Waals surface area contributed by atoms with Crippen LogP contribution >= 0.6 is 0 Å². The van der Waals surface area contributed by atoms with E-state index in [-0.39, 0.29) is 34.8 Å². The molecule has 0 atom stereocenters. The van der Waals surface area contributed by atoms with Crippen LogP contribution in [0.1, 0.15) is 44.1 Å². The minimum atomic E-state index is -4.35. The molecule has 2 heterocycles. The summed E-state index contributed by atoms with van der Waals surface area (Å²) in [5.41, 5.74) is 0.511. The lowest BCUT2D eigenvalue weighted by atomic mass is 9.90. The number of aromatic nitrogens is 3. The summed E-state index contributed by atoms with van der Waals surface area (Å²) in [5.74, 6) is -0.819. The zero-order valence-corrected chi connectivity index (χ0v) is 18.7. The number of anilines is 1. The molecule has 0 bridgehead atoms. The Morgan fingerprint density at radius 3 is 2.14 bits per heavy atom. The number of nitrogens with zero attached hydrogens (tertiary/aromatic N) is 5. The molecule has 5 rings (SSSR count). The molecule has 182 valence electrons. The van der Waals surface area contributed by atoms with Gasteiger partial charge in [0.2, 0.25) is 17.3 Å². The number of benzene rings is 2. The molecule has 1 fully saturated rings. The summed E-state index contributed by atoms with van der Waals surface area (Å²) in [6, 6.07) is 11.6. The lowest BCUT2D eigenvalue weighted by Gasteiger charge is -2.36. The molecule has 2 aromatic carbocycles. The maximum atomic E-state index is 13.0. The molecule has 1 aliphatic heterocycles. The van der Waals surface area contributed by atoms with Gasteiger partial charge in [-0.1, -0.05) is 24.3 Å². The Morgan fingerprint density at radius 1 is 0.886 bits per heavy atom. The van der Waals surface area contributed by atoms with Gasteiger partial charge in [0.15, 0.2) is 5.69 Å². The second kappa shape index (κ2) is 8.81. The van der Waals surface area contributed by atoms with Gasteiger partial charge in [-0.25, -0.2) is 0 Å². The second-order valence-electron chi connectivity index (χ2n) is 8.60. The quantitative estimate of drug-likeness (QED) is 0.319. The first-order chi connectivity index (χ1) is 16.7. The molecule has 0 amide bonds. The highest BCUT2D eigenvalue weighted by atomic mass is 19.4. The van der Waals surface area contributed by atoms with Crippen LogP contribution in [0, 0.1) is 5.21 Å². The minimum Gasteiger partial charge on any atom is -0.571 e. The lowest BCUT2D eigenvalue weighted by molar-refractivity contribution is -0.749. The van der Waals surface area contributed by atoms with E-state index in [0.29, 0.717) is 44.1 Å². The second-order valence-corrected chi connectivity index (χ2v) is 8.60. The van der Waals surface area contributed by atoms with Gasteiger partial charge < -0.3 is 10.1 Å². The van der Waals surface area contributed by atoms with Crippen molar-refractivity contribution in [2.75, 3.05) is 37.6 Å². The van der Waals surface area contributed by atoms with Crippen LogP contribution in [0.4, 0.5) is 18.9 Å². The number of halogens is 3. The highest BCUT2D eigenvalue weighted by molar-refractivity contribution is 6.26. The normalized spacial score (nSPS) is 16.4. The summed E-state index contributed by atoms with van der Waals surface area (Å²) < 4.78 is 39.5. The molecule has 2 aliphatic rings. The predicted molar refractivity (Wildman–Crippen MR) is 119 cm³/mol. The SMILES string of the molecule is O=C1c2ccccc2C(=O)c2c1n[n+]([O-])n2CCCN1CCN(c2ccc(C(F)(F)F)cc2)CC1. The minimum absolute atomic E-state index is 0.0239. The molecule has 1 saturated heterocycles. The highest BCUT2D eigenvalue weighted by Gasteiger charge is 2.39. The molecule has 35 heavy (non-hydrogen) atoms. The molecule has 0 radical (unpaired) electrons. The first kappa shape index (κ1) is 23.0. The van der Waals surface area contributed by atoms with E-state index >= 15 is 0 Å². The molecule has 11 heteroatoms. The van der Waals surface area contributed by atoms with E-state index in [9.17, 15) is 28.0 Å². The van der Waals surface area contributed by atoms with Crippen molar-refractivity contribution in [1.29, 1.82) is 0 Å². The van der Waals surface area contributed by atoms with Crippen molar-refractivity contribution in [1.82, 2.24) is 14.7 Å². The molecule has 3 aromatic rings. The fraction of sp³-hybridized carbons (Fsp3) is 0.333. The van der Waals surface area contributed by atoms with E-state index in [1.54, 1.807) is 24.3 Å². The van der Waals surface area contributed by atoms with Crippen LogP contribution in [0.5, 0.6) is 0 Å². The zero-order valence-electron chi connectivity index (χ0n) is 18.7. The van der Waals surface area contributed by atoms with Crippen molar-refractivity contribution < 1.29 is 27.7 Å². The Kier molecular flexibility index (Phi) is 5.79. The van der Waals surface area contributed by atoms with E-state index in [2.05, 4.69) is 10.00 Å². The van der Waals surface area contributed by atoms with Crippen molar-refractivity contribution in [2.45, 2.75) is 19.1 Å². The average Bonchev–Trinajstić information content (AvgIpc) is 3.19. The third kappa shape index (κ3) is 4.27. The number of piperazine rings is 1. The van der Waals surface area contributed by atoms with Gasteiger partial charge in [0.25, 0.3) is 0 Å². The predicted octanol–water partition coefficient (Wildman–Crippen LogP) is 2.52. The molecule has 0 saturated carbocycles. The molecule has 8 nitrogen and oxygen atoms in total. The monoisotopic (exact) mass is 485 g/mol. The Bertz CT molecular complexity index is 1280. The van der Waals surface area contributed by atoms with Crippen LogP contribution in [0.2, 0.25) is 0 Å². The molecule has 1 aliphatic carbocycles. The van der Waals surface area contributed by atoms with E-state index in [1.807, 2.05) is 4.90 Å². The highest BCUT2D eigenvalue weighted by Crippen LogP contribution is 2.31. The first-order valence-electron chi connectivity index (χ1n) is 11.3. The van der Waals surface area contributed by atoms with Crippen molar-refractivity contribution in [3.63, 3.8) is 0 Å². The lowest BCUT2D eigenvalue weighted by Crippen LogP contribution is -2.47. The summed E-state index contributed by atoms with van der Waals surface area (Å²) >= 11 is 0. The van der Waals surface area contributed by atoms with Crippen molar-refractivity contribution in [2.24, 2.45) is 0 Å². The Balaban J connectivity index is 1.18. The van der Waals surface area contributed by atoms with Gasteiger partial charge in [0.05, 0.1) is 12.1 Å². The summed E-state index contributed by atoms with van der Waals surface area (Å²) in [6.07, 6.45) is -3.79. The van der Waals surface area contributed by atoms with Gasteiger partial charge in [-0.15, -0.1) is 4.68 Å². The van der Waals surface area contributed by atoms with Crippen LogP contribution in [0.3, 0.4) is 0 Å². The maximum Gasteiger partial charge on any atom is 0.416 e. The number of fused-ring (bicyclic) bond motifs is 2. The number of hydrogen-bond donors (Lipinski definition) is 0. The van der Waals surface area contributed by atoms with Crippen LogP contribution in [0.15, 0.2) is 48.5 Å². The summed E-state index contributed by atoms with van der Waals surface area (Å²) in [7, 11) is 0. The molecular formula is C24H22F3N5O3. The molecule has 0 spiro atoms. The van der Waals surface area contributed by atoms with Gasteiger partial charge >= 0.3 is 6.18 Å². The molecule has 1 aromatic heterocycles. The van der Waals surface area contributed by atoms with Gasteiger partial charge in [0, 0.05) is 59.6 Å². The largest absolute Gasteiger partial charge is 0.571 e. The van der Waals surface area contributed by atoms with E-state index < -0.39 is 17.5 Å². The number of alkyl halides is 3. The fourth-order valence-electron chi connectivity index (χ4n) is 4.64. The maximum absolute atomic E-state index is 13.0. The number of rotatable bonds is 5. The Hall–Kier alpha value is -3.73. The van der Waals surface area contributed by atoms with Crippen LogP contribution < -0.4 is 9.86 Å². The topological polar surface area (TPSA) is 85.4 Å². The van der Waals surface area contributed by atoms with Crippen LogP contribution in [-0.2, 0) is 12.7 Å². The third-order valence-electron chi connectivity index (χ3n) is 6.50. The zero-order chi connectivity index (χ0) is 24.7. The number of ketones is 2. The van der Waals surface area contributed by atoms with Crippen LogP contribution in [-0.4, -0.2) is 59.0 Å². The van der Waals surface area contributed by atoms with Crippen LogP contribution in [0.25, 0.3) is 0 Å². The van der Waals surface area contributed by atoms with Crippen molar-refractivity contribution in [3.8, 4) is 0 Å². The van der Waals surface area contributed by atoms with Gasteiger partial charge in [-0.05, 0) is 30.7 Å². The number of hydrogen-bond acceptors (Lipinski definition) is 6. The van der Waals surface area contributed by atoms with E-state index in [0.717, 1.165) is 17.8 Å². The smallest absolute Gasteiger partial charge is 0.416 e. The number of carbonyl (C=O) groups is 2. The van der Waals surface area contributed by atoms with Gasteiger partial charge in [-0.3, -0.25) is 14.5 Å². The average molecular weight is 485 g/mol. The Morgan fingerprint density at radius 2 is 1.51 bits per heavy atom. The number of carbonyl (C=O) groups excluding carboxylic acids is 2. The molecule has 0 N–H and O–H groups in total. The summed E-state index contributed by atoms with van der Waals surface area (Å²) in [4.78, 5) is 30.2. The van der Waals surface area contributed by atoms with Crippen molar-refractivity contribution in [3.05, 3.63) is 81.8 Å². The first-order valence-corrected chi connectivity index (χ1v) is 11.3.